The number of thiazole rings is 1. The summed E-state index contributed by atoms with van der Waals surface area (Å²) >= 11 is 1.35. The van der Waals surface area contributed by atoms with E-state index in [9.17, 15) is 18.0 Å². The summed E-state index contributed by atoms with van der Waals surface area (Å²) in [5.74, 6) is 0.414. The molecule has 4 aromatic rings. The van der Waals surface area contributed by atoms with E-state index in [2.05, 4.69) is 14.6 Å². The SMILES string of the molecule is Cc1cc(OCc2nc(-c3ccc(N4CCOCC4)nc3)c(-c3ccc(OC(F)(F)F)cc3)s2)ccc1OCC(=O)O. The molecule has 1 N–H and O–H groups in total. The molecule has 9 nitrogen and oxygen atoms in total. The summed E-state index contributed by atoms with van der Waals surface area (Å²) in [6.07, 6.45) is -3.05. The molecule has 5 rings (SSSR count). The number of carbonyl (C=O) groups is 1. The lowest BCUT2D eigenvalue weighted by Crippen LogP contribution is -2.36. The molecular formula is C29H26F3N3O6S. The van der Waals surface area contributed by atoms with Gasteiger partial charge in [0.05, 0.1) is 23.8 Å². The molecule has 220 valence electrons. The normalized spacial score (nSPS) is 13.6. The monoisotopic (exact) mass is 601 g/mol. The van der Waals surface area contributed by atoms with E-state index < -0.39 is 18.9 Å². The van der Waals surface area contributed by atoms with Crippen LogP contribution < -0.4 is 19.1 Å². The van der Waals surface area contributed by atoms with Crippen molar-refractivity contribution in [3.63, 3.8) is 0 Å². The van der Waals surface area contributed by atoms with Crippen LogP contribution in [0.4, 0.5) is 19.0 Å². The molecule has 0 saturated carbocycles. The first kappa shape index (κ1) is 29.1. The summed E-state index contributed by atoms with van der Waals surface area (Å²) in [5, 5.41) is 9.47. The van der Waals surface area contributed by atoms with Crippen LogP contribution in [0.1, 0.15) is 10.6 Å². The Morgan fingerprint density at radius 1 is 1.02 bits per heavy atom. The maximum Gasteiger partial charge on any atom is 0.573 e. The molecule has 0 spiro atoms. The molecule has 0 aliphatic carbocycles. The molecule has 0 radical (unpaired) electrons. The molecule has 13 heteroatoms. The van der Waals surface area contributed by atoms with E-state index >= 15 is 0 Å². The van der Waals surface area contributed by atoms with Gasteiger partial charge in [-0.05, 0) is 72.6 Å². The lowest BCUT2D eigenvalue weighted by atomic mass is 10.1. The Morgan fingerprint density at radius 2 is 1.74 bits per heavy atom. The van der Waals surface area contributed by atoms with E-state index in [1.54, 1.807) is 43.5 Å². The molecule has 42 heavy (non-hydrogen) atoms. The van der Waals surface area contributed by atoms with Crippen molar-refractivity contribution in [2.24, 2.45) is 0 Å². The van der Waals surface area contributed by atoms with E-state index in [1.807, 2.05) is 12.1 Å². The number of hydrogen-bond acceptors (Lipinski definition) is 9. The van der Waals surface area contributed by atoms with Gasteiger partial charge in [0, 0.05) is 24.8 Å². The number of benzene rings is 2. The summed E-state index contributed by atoms with van der Waals surface area (Å²) in [4.78, 5) is 23.1. The fourth-order valence-electron chi connectivity index (χ4n) is 4.29. The van der Waals surface area contributed by atoms with Gasteiger partial charge < -0.3 is 29.0 Å². The van der Waals surface area contributed by atoms with Crippen LogP contribution in [0.2, 0.25) is 0 Å². The van der Waals surface area contributed by atoms with E-state index in [4.69, 9.17) is 24.3 Å². The molecule has 1 aliphatic rings. The van der Waals surface area contributed by atoms with E-state index in [-0.39, 0.29) is 12.4 Å². The Morgan fingerprint density at radius 3 is 2.38 bits per heavy atom. The number of anilines is 1. The molecule has 0 amide bonds. The molecular weight excluding hydrogens is 575 g/mol. The first-order valence-electron chi connectivity index (χ1n) is 12.9. The van der Waals surface area contributed by atoms with Crippen molar-refractivity contribution in [1.82, 2.24) is 9.97 Å². The zero-order chi connectivity index (χ0) is 29.7. The number of rotatable bonds is 10. The van der Waals surface area contributed by atoms with Gasteiger partial charge in [0.25, 0.3) is 0 Å². The molecule has 1 saturated heterocycles. The number of carboxylic acid groups (broad SMARTS) is 1. The predicted octanol–water partition coefficient (Wildman–Crippen LogP) is 5.96. The number of alkyl halides is 3. The average molecular weight is 602 g/mol. The molecule has 0 atom stereocenters. The van der Waals surface area contributed by atoms with Crippen molar-refractivity contribution < 1.29 is 42.0 Å². The van der Waals surface area contributed by atoms with Gasteiger partial charge in [0.1, 0.15) is 34.7 Å². The molecule has 2 aromatic carbocycles. The molecule has 0 unspecified atom stereocenters. The third-order valence-corrected chi connectivity index (χ3v) is 7.32. The highest BCUT2D eigenvalue weighted by Crippen LogP contribution is 2.38. The lowest BCUT2D eigenvalue weighted by Gasteiger charge is -2.27. The fourth-order valence-corrected chi connectivity index (χ4v) is 5.29. The highest BCUT2D eigenvalue weighted by atomic mass is 32.1. The molecule has 1 fully saturated rings. The largest absolute Gasteiger partial charge is 0.573 e. The van der Waals surface area contributed by atoms with Crippen LogP contribution in [-0.2, 0) is 16.1 Å². The van der Waals surface area contributed by atoms with Crippen molar-refractivity contribution in [3.05, 3.63) is 71.4 Å². The zero-order valence-electron chi connectivity index (χ0n) is 22.4. The summed E-state index contributed by atoms with van der Waals surface area (Å²) in [6, 6.07) is 14.5. The van der Waals surface area contributed by atoms with Gasteiger partial charge in [-0.25, -0.2) is 14.8 Å². The number of ether oxygens (including phenoxy) is 4. The second kappa shape index (κ2) is 12.7. The van der Waals surface area contributed by atoms with Crippen LogP contribution in [0, 0.1) is 6.92 Å². The predicted molar refractivity (Wildman–Crippen MR) is 149 cm³/mol. The molecule has 1 aliphatic heterocycles. The number of morpholine rings is 1. The molecule has 3 heterocycles. The number of aryl methyl sites for hydroxylation is 1. The maximum atomic E-state index is 12.7. The fraction of sp³-hybridized carbons (Fsp3) is 0.276. The van der Waals surface area contributed by atoms with Gasteiger partial charge in [-0.2, -0.15) is 0 Å². The van der Waals surface area contributed by atoms with Crippen molar-refractivity contribution in [3.8, 4) is 38.9 Å². The number of carboxylic acids is 1. The topological polar surface area (TPSA) is 103 Å². The minimum atomic E-state index is -4.78. The van der Waals surface area contributed by atoms with E-state index in [0.29, 0.717) is 46.5 Å². The summed E-state index contributed by atoms with van der Waals surface area (Å²) in [5.41, 5.74) is 2.74. The summed E-state index contributed by atoms with van der Waals surface area (Å²) < 4.78 is 58.7. The maximum absolute atomic E-state index is 12.7. The zero-order valence-corrected chi connectivity index (χ0v) is 23.2. The molecule has 2 aromatic heterocycles. The van der Waals surface area contributed by atoms with Crippen molar-refractivity contribution in [2.45, 2.75) is 19.9 Å². The Balaban J connectivity index is 1.39. The van der Waals surface area contributed by atoms with Crippen LogP contribution in [0.5, 0.6) is 17.2 Å². The highest BCUT2D eigenvalue weighted by molar-refractivity contribution is 7.15. The minimum absolute atomic E-state index is 0.126. The van der Waals surface area contributed by atoms with Crippen molar-refractivity contribution in [2.75, 3.05) is 37.8 Å². The second-order valence-electron chi connectivity index (χ2n) is 9.26. The van der Waals surface area contributed by atoms with Crippen LogP contribution in [0.3, 0.4) is 0 Å². The first-order chi connectivity index (χ1) is 20.1. The number of pyridine rings is 1. The summed E-state index contributed by atoms with van der Waals surface area (Å²) in [6.45, 7) is 4.22. The Hall–Kier alpha value is -4.36. The van der Waals surface area contributed by atoms with Crippen LogP contribution in [-0.4, -0.2) is 60.3 Å². The summed E-state index contributed by atoms with van der Waals surface area (Å²) in [7, 11) is 0. The third kappa shape index (κ3) is 7.47. The average Bonchev–Trinajstić information content (AvgIpc) is 3.40. The van der Waals surface area contributed by atoms with Gasteiger partial charge in [-0.1, -0.05) is 0 Å². The van der Waals surface area contributed by atoms with E-state index in [1.165, 1.54) is 23.5 Å². The quantitative estimate of drug-likeness (QED) is 0.236. The number of nitrogens with zero attached hydrogens (tertiary/aromatic N) is 3. The van der Waals surface area contributed by atoms with Crippen LogP contribution in [0.15, 0.2) is 60.8 Å². The van der Waals surface area contributed by atoms with Crippen LogP contribution >= 0.6 is 11.3 Å². The number of halogens is 3. The van der Waals surface area contributed by atoms with E-state index in [0.717, 1.165) is 29.3 Å². The standard InChI is InChI=1S/C29H26F3N3O6S/c1-18-14-22(7-8-23(18)40-17-26(36)37)39-16-25-34-27(20-4-9-24(33-15-20)35-10-12-38-13-11-35)28(42-25)19-2-5-21(6-3-19)41-29(30,31)32/h2-9,14-15H,10-13,16-17H2,1H3,(H,36,37). The van der Waals surface area contributed by atoms with Crippen molar-refractivity contribution in [1.29, 1.82) is 0 Å². The Kier molecular flexibility index (Phi) is 8.78. The van der Waals surface area contributed by atoms with Crippen LogP contribution in [0.25, 0.3) is 21.7 Å². The highest BCUT2D eigenvalue weighted by Gasteiger charge is 2.31. The molecule has 0 bridgehead atoms. The minimum Gasteiger partial charge on any atom is -0.486 e. The van der Waals surface area contributed by atoms with Gasteiger partial charge in [-0.3, -0.25) is 0 Å². The van der Waals surface area contributed by atoms with Gasteiger partial charge in [0.2, 0.25) is 0 Å². The van der Waals surface area contributed by atoms with Crippen molar-refractivity contribution >= 4 is 23.1 Å². The third-order valence-electron chi connectivity index (χ3n) is 6.24. The van der Waals surface area contributed by atoms with Gasteiger partial charge in [-0.15, -0.1) is 24.5 Å². The number of aliphatic carboxylic acids is 1. The van der Waals surface area contributed by atoms with Gasteiger partial charge in [0.15, 0.2) is 6.61 Å². The van der Waals surface area contributed by atoms with Gasteiger partial charge >= 0.3 is 12.3 Å². The first-order valence-corrected chi connectivity index (χ1v) is 13.7. The Bertz CT molecular complexity index is 1520. The number of hydrogen-bond donors (Lipinski definition) is 1. The lowest BCUT2D eigenvalue weighted by molar-refractivity contribution is -0.274. The Labute approximate surface area is 243 Å². The smallest absolute Gasteiger partial charge is 0.486 e. The number of aromatic nitrogens is 2. The second-order valence-corrected chi connectivity index (χ2v) is 10.3.